The first kappa shape index (κ1) is 32.7. The van der Waals surface area contributed by atoms with E-state index < -0.39 is 47.5 Å². The summed E-state index contributed by atoms with van der Waals surface area (Å²) in [6.07, 6.45) is -0.635. The molecule has 0 fully saturated rings. The van der Waals surface area contributed by atoms with Gasteiger partial charge in [0, 0.05) is 80.0 Å². The lowest BCUT2D eigenvalue weighted by molar-refractivity contribution is -0.142. The van der Waals surface area contributed by atoms with Crippen LogP contribution in [0.5, 0.6) is 0 Å². The average molecular weight is 597 g/mol. The van der Waals surface area contributed by atoms with E-state index in [4.69, 9.17) is 5.11 Å². The Morgan fingerprint density at radius 3 is 2.21 bits per heavy atom. The number of hydrogen-bond acceptors (Lipinski definition) is 8. The Morgan fingerprint density at radius 1 is 0.930 bits per heavy atom. The Morgan fingerprint density at radius 2 is 1.60 bits per heavy atom. The van der Waals surface area contributed by atoms with Crippen LogP contribution in [0.2, 0.25) is 0 Å². The number of nitrogens with zero attached hydrogens (tertiary/aromatic N) is 2. The van der Waals surface area contributed by atoms with Gasteiger partial charge >= 0.3 is 11.9 Å². The number of anilines is 1. The molecule has 1 heterocycles. The zero-order valence-electron chi connectivity index (χ0n) is 24.3. The van der Waals surface area contributed by atoms with Crippen LogP contribution in [0.15, 0.2) is 30.3 Å². The number of aliphatic carboxylic acids is 2. The summed E-state index contributed by atoms with van der Waals surface area (Å²) in [7, 11) is 3.73. The molecule has 43 heavy (non-hydrogen) atoms. The highest BCUT2D eigenvalue weighted by atomic mass is 16.4. The number of Topliss-reactive ketones (excluding diaryl/α,β-unsaturated/α-hetero) is 1. The molecule has 0 aliphatic carbocycles. The first-order valence-corrected chi connectivity index (χ1v) is 13.9. The van der Waals surface area contributed by atoms with E-state index in [0.29, 0.717) is 16.5 Å². The van der Waals surface area contributed by atoms with Gasteiger partial charge < -0.3 is 30.5 Å². The fourth-order valence-corrected chi connectivity index (χ4v) is 5.09. The van der Waals surface area contributed by atoms with E-state index in [-0.39, 0.29) is 57.4 Å². The van der Waals surface area contributed by atoms with E-state index in [1.165, 1.54) is 6.92 Å². The molecule has 2 aromatic rings. The quantitative estimate of drug-likeness (QED) is 0.208. The highest BCUT2D eigenvalue weighted by Gasteiger charge is 2.34. The number of benzene rings is 2. The van der Waals surface area contributed by atoms with Crippen LogP contribution in [-0.4, -0.2) is 89.7 Å². The second-order valence-corrected chi connectivity index (χ2v) is 10.7. The average Bonchev–Trinajstić information content (AvgIpc) is 2.93. The highest BCUT2D eigenvalue weighted by Crippen LogP contribution is 2.35. The molecule has 0 spiro atoms. The van der Waals surface area contributed by atoms with E-state index in [0.717, 1.165) is 16.0 Å². The number of hydrogen-bond donors (Lipinski definition) is 4. The largest absolute Gasteiger partial charge is 0.481 e. The Bertz CT molecular complexity index is 1430. The topological polar surface area (TPSA) is 190 Å². The molecule has 0 bridgehead atoms. The molecule has 1 aliphatic rings. The second-order valence-electron chi connectivity index (χ2n) is 10.7. The maximum Gasteiger partial charge on any atom is 0.326 e. The molecule has 2 atom stereocenters. The molecule has 0 radical (unpaired) electrons. The number of carboxylic acids is 2. The molecule has 0 saturated heterocycles. The van der Waals surface area contributed by atoms with E-state index >= 15 is 0 Å². The number of carbonyl (C=O) groups is 7. The van der Waals surface area contributed by atoms with Gasteiger partial charge in [0.25, 0.3) is 11.8 Å². The number of carbonyl (C=O) groups excluding carboxylic acids is 5. The molecule has 3 rings (SSSR count). The van der Waals surface area contributed by atoms with Crippen LogP contribution in [0.25, 0.3) is 10.8 Å². The molecular formula is C30H36N4O9. The van der Waals surface area contributed by atoms with Crippen LogP contribution in [0, 0.1) is 5.92 Å². The maximum atomic E-state index is 13.4. The Kier molecular flexibility index (Phi) is 10.9. The SMILES string of the molecule is CC(=O)C[C@H](CCN1C(=O)c2cccc3c(N(C)C)ccc(c23)C1=O)C(=O)NCC[C@@H](NC(=O)CCCC(=O)O)C(=O)O. The van der Waals surface area contributed by atoms with Gasteiger partial charge in [-0.15, -0.1) is 0 Å². The van der Waals surface area contributed by atoms with Gasteiger partial charge in [-0.05, 0) is 44.4 Å². The summed E-state index contributed by atoms with van der Waals surface area (Å²) in [6, 6.07) is 7.41. The van der Waals surface area contributed by atoms with Gasteiger partial charge in [0.2, 0.25) is 11.8 Å². The lowest BCUT2D eigenvalue weighted by atomic mass is 9.91. The Balaban J connectivity index is 1.65. The van der Waals surface area contributed by atoms with Crippen molar-refractivity contribution in [1.29, 1.82) is 0 Å². The Labute approximate surface area is 248 Å². The molecule has 0 saturated carbocycles. The number of rotatable bonds is 16. The van der Waals surface area contributed by atoms with Gasteiger partial charge in [0.05, 0.1) is 0 Å². The molecule has 13 heteroatoms. The predicted molar refractivity (Wildman–Crippen MR) is 156 cm³/mol. The summed E-state index contributed by atoms with van der Waals surface area (Å²) in [5.41, 5.74) is 1.59. The van der Waals surface area contributed by atoms with E-state index in [9.17, 15) is 38.7 Å². The first-order valence-electron chi connectivity index (χ1n) is 13.9. The lowest BCUT2D eigenvalue weighted by Crippen LogP contribution is -2.44. The fraction of sp³-hybridized carbons (Fsp3) is 0.433. The molecule has 0 unspecified atom stereocenters. The number of carboxylic acid groups (broad SMARTS) is 2. The third-order valence-corrected chi connectivity index (χ3v) is 7.22. The van der Waals surface area contributed by atoms with Crippen molar-refractivity contribution < 1.29 is 43.8 Å². The van der Waals surface area contributed by atoms with Crippen molar-refractivity contribution >= 4 is 57.8 Å². The first-order chi connectivity index (χ1) is 20.3. The normalized spacial score (nSPS) is 13.8. The van der Waals surface area contributed by atoms with Gasteiger partial charge in [-0.3, -0.25) is 28.9 Å². The number of imide groups is 1. The monoisotopic (exact) mass is 596 g/mol. The zero-order chi connectivity index (χ0) is 31.8. The molecule has 2 aromatic carbocycles. The van der Waals surface area contributed by atoms with Crippen LogP contribution in [-0.2, 0) is 24.0 Å². The van der Waals surface area contributed by atoms with Crippen molar-refractivity contribution in [3.63, 3.8) is 0 Å². The van der Waals surface area contributed by atoms with Gasteiger partial charge in [-0.25, -0.2) is 4.79 Å². The van der Waals surface area contributed by atoms with Gasteiger partial charge in [0.15, 0.2) is 0 Å². The van der Waals surface area contributed by atoms with Crippen LogP contribution >= 0.6 is 0 Å². The maximum absolute atomic E-state index is 13.4. The number of amides is 4. The van der Waals surface area contributed by atoms with Crippen molar-refractivity contribution in [3.05, 3.63) is 41.5 Å². The summed E-state index contributed by atoms with van der Waals surface area (Å²) in [6.45, 7) is 1.07. The van der Waals surface area contributed by atoms with Gasteiger partial charge in [-0.2, -0.15) is 0 Å². The lowest BCUT2D eigenvalue weighted by Gasteiger charge is -2.29. The van der Waals surface area contributed by atoms with Crippen molar-refractivity contribution in [3.8, 4) is 0 Å². The molecule has 4 amide bonds. The fourth-order valence-electron chi connectivity index (χ4n) is 5.09. The summed E-state index contributed by atoms with van der Waals surface area (Å²) < 4.78 is 0. The van der Waals surface area contributed by atoms with E-state index in [1.807, 2.05) is 31.1 Å². The van der Waals surface area contributed by atoms with Crippen molar-refractivity contribution in [2.45, 2.75) is 51.5 Å². The van der Waals surface area contributed by atoms with Crippen molar-refractivity contribution in [2.75, 3.05) is 32.1 Å². The molecule has 4 N–H and O–H groups in total. The molecular weight excluding hydrogens is 560 g/mol. The van der Waals surface area contributed by atoms with Crippen LogP contribution < -0.4 is 15.5 Å². The van der Waals surface area contributed by atoms with E-state index in [1.54, 1.807) is 18.2 Å². The van der Waals surface area contributed by atoms with Crippen molar-refractivity contribution in [2.24, 2.45) is 5.92 Å². The second kappa shape index (κ2) is 14.4. The minimum Gasteiger partial charge on any atom is -0.481 e. The van der Waals surface area contributed by atoms with E-state index in [2.05, 4.69) is 10.6 Å². The van der Waals surface area contributed by atoms with Crippen LogP contribution in [0.3, 0.4) is 0 Å². The summed E-state index contributed by atoms with van der Waals surface area (Å²) >= 11 is 0. The van der Waals surface area contributed by atoms with Gasteiger partial charge in [0.1, 0.15) is 11.8 Å². The molecule has 230 valence electrons. The number of nitrogens with one attached hydrogen (secondary N) is 2. The minimum atomic E-state index is -1.32. The molecule has 1 aliphatic heterocycles. The standard InChI is InChI=1S/C30H36N4O9/c1-17(35)16-18(27(39)31-14-12-22(30(42)43)32-24(36)8-5-9-25(37)38)13-15-34-28(40)20-7-4-6-19-23(33(2)3)11-10-21(26(19)20)29(34)41/h4,6-7,10-11,18,22H,5,8-9,12-16H2,1-3H3,(H,31,39)(H,32,36)(H,37,38)(H,42,43)/t18-,22+/m0/s1. The number of ketones is 1. The van der Waals surface area contributed by atoms with Crippen LogP contribution in [0.4, 0.5) is 5.69 Å². The predicted octanol–water partition coefficient (Wildman–Crippen LogP) is 1.82. The van der Waals surface area contributed by atoms with Crippen LogP contribution in [0.1, 0.15) is 66.2 Å². The summed E-state index contributed by atoms with van der Waals surface area (Å²) in [5.74, 6) is -5.73. The Hall–Kier alpha value is -4.81. The van der Waals surface area contributed by atoms with Crippen molar-refractivity contribution in [1.82, 2.24) is 15.5 Å². The minimum absolute atomic E-state index is 0.00660. The third-order valence-electron chi connectivity index (χ3n) is 7.22. The zero-order valence-corrected chi connectivity index (χ0v) is 24.3. The summed E-state index contributed by atoms with van der Waals surface area (Å²) in [5, 5.41) is 24.3. The molecule has 13 nitrogen and oxygen atoms in total. The summed E-state index contributed by atoms with van der Waals surface area (Å²) in [4.78, 5) is 88.9. The van der Waals surface area contributed by atoms with Gasteiger partial charge in [-0.1, -0.05) is 12.1 Å². The molecule has 0 aromatic heterocycles. The third kappa shape index (κ3) is 8.15. The smallest absolute Gasteiger partial charge is 0.326 e. The highest BCUT2D eigenvalue weighted by molar-refractivity contribution is 6.26.